The predicted molar refractivity (Wildman–Crippen MR) is 82.5 cm³/mol. The lowest BCUT2D eigenvalue weighted by Crippen LogP contribution is -2.22. The van der Waals surface area contributed by atoms with Crippen LogP contribution in [0, 0.1) is 0 Å². The predicted octanol–water partition coefficient (Wildman–Crippen LogP) is 3.94. The SMILES string of the molecule is Nc1ccc(C2(C(=O)Cc3ccc(Br)s3)CC2)cc1. The molecule has 0 saturated heterocycles. The number of hydrogen-bond acceptors (Lipinski definition) is 3. The first-order valence-corrected chi connectivity index (χ1v) is 7.85. The Morgan fingerprint density at radius 2 is 1.89 bits per heavy atom. The van der Waals surface area contributed by atoms with Crippen LogP contribution in [-0.2, 0) is 16.6 Å². The monoisotopic (exact) mass is 335 g/mol. The molecule has 1 aliphatic carbocycles. The molecule has 1 heterocycles. The molecule has 3 rings (SSSR count). The number of anilines is 1. The van der Waals surface area contributed by atoms with E-state index in [1.807, 2.05) is 36.4 Å². The summed E-state index contributed by atoms with van der Waals surface area (Å²) >= 11 is 5.07. The number of benzene rings is 1. The minimum Gasteiger partial charge on any atom is -0.399 e. The number of carbonyl (C=O) groups excluding carboxylic acids is 1. The summed E-state index contributed by atoms with van der Waals surface area (Å²) in [5, 5.41) is 0. The normalized spacial score (nSPS) is 16.3. The molecule has 0 atom stereocenters. The minimum absolute atomic E-state index is 0.246. The second-order valence-electron chi connectivity index (χ2n) is 5.01. The van der Waals surface area contributed by atoms with Crippen LogP contribution in [0.3, 0.4) is 0 Å². The lowest BCUT2D eigenvalue weighted by molar-refractivity contribution is -0.120. The molecule has 0 amide bonds. The highest BCUT2D eigenvalue weighted by Crippen LogP contribution is 2.49. The second kappa shape index (κ2) is 4.76. The van der Waals surface area contributed by atoms with Crippen molar-refractivity contribution < 1.29 is 4.79 Å². The van der Waals surface area contributed by atoms with Gasteiger partial charge in [0.15, 0.2) is 0 Å². The summed E-state index contributed by atoms with van der Waals surface area (Å²) in [6.07, 6.45) is 2.45. The van der Waals surface area contributed by atoms with E-state index in [0.717, 1.165) is 32.8 Å². The van der Waals surface area contributed by atoms with E-state index in [9.17, 15) is 4.79 Å². The van der Waals surface area contributed by atoms with Crippen molar-refractivity contribution in [3.8, 4) is 0 Å². The topological polar surface area (TPSA) is 43.1 Å². The average molecular weight is 336 g/mol. The average Bonchev–Trinajstić information content (AvgIpc) is 3.10. The molecule has 2 N–H and O–H groups in total. The summed E-state index contributed by atoms with van der Waals surface area (Å²) in [6, 6.07) is 11.8. The molecule has 0 aliphatic heterocycles. The zero-order valence-corrected chi connectivity index (χ0v) is 12.8. The molecule has 1 aliphatic rings. The first-order valence-electron chi connectivity index (χ1n) is 6.24. The van der Waals surface area contributed by atoms with Crippen LogP contribution in [0.25, 0.3) is 0 Å². The summed E-state index contributed by atoms with van der Waals surface area (Å²) in [4.78, 5) is 13.7. The van der Waals surface area contributed by atoms with Crippen LogP contribution in [0.15, 0.2) is 40.2 Å². The van der Waals surface area contributed by atoms with Crippen molar-refractivity contribution in [3.05, 3.63) is 50.6 Å². The van der Waals surface area contributed by atoms with Crippen LogP contribution < -0.4 is 5.73 Å². The van der Waals surface area contributed by atoms with Crippen LogP contribution in [-0.4, -0.2) is 5.78 Å². The molecule has 0 unspecified atom stereocenters. The number of carbonyl (C=O) groups is 1. The van der Waals surface area contributed by atoms with E-state index >= 15 is 0 Å². The van der Waals surface area contributed by atoms with Crippen LogP contribution in [0.4, 0.5) is 5.69 Å². The van der Waals surface area contributed by atoms with E-state index in [1.165, 1.54) is 0 Å². The summed E-state index contributed by atoms with van der Waals surface area (Å²) in [6.45, 7) is 0. The third-order valence-electron chi connectivity index (χ3n) is 3.71. The third-order valence-corrected chi connectivity index (χ3v) is 5.33. The smallest absolute Gasteiger partial charge is 0.148 e. The van der Waals surface area contributed by atoms with E-state index in [1.54, 1.807) is 11.3 Å². The molecule has 0 bridgehead atoms. The summed E-state index contributed by atoms with van der Waals surface area (Å²) in [7, 11) is 0. The molecule has 1 aromatic carbocycles. The van der Waals surface area contributed by atoms with Crippen LogP contribution >= 0.6 is 27.3 Å². The fourth-order valence-electron chi connectivity index (χ4n) is 2.43. The zero-order valence-electron chi connectivity index (χ0n) is 10.4. The van der Waals surface area contributed by atoms with Crippen molar-refractivity contribution in [3.63, 3.8) is 0 Å². The minimum atomic E-state index is -0.246. The van der Waals surface area contributed by atoms with Gasteiger partial charge >= 0.3 is 0 Å². The number of hydrogen-bond donors (Lipinski definition) is 1. The Morgan fingerprint density at radius 3 is 2.42 bits per heavy atom. The van der Waals surface area contributed by atoms with Crippen molar-refractivity contribution in [2.45, 2.75) is 24.7 Å². The summed E-state index contributed by atoms with van der Waals surface area (Å²) in [5.41, 5.74) is 7.32. The van der Waals surface area contributed by atoms with E-state index < -0.39 is 0 Å². The Kier molecular flexibility index (Phi) is 3.23. The molecule has 4 heteroatoms. The molecular formula is C15H14BrNOS. The maximum atomic E-state index is 12.6. The highest BCUT2D eigenvalue weighted by Gasteiger charge is 2.50. The summed E-state index contributed by atoms with van der Waals surface area (Å²) in [5.74, 6) is 0.326. The van der Waals surface area contributed by atoms with Crippen molar-refractivity contribution in [2.24, 2.45) is 0 Å². The molecule has 19 heavy (non-hydrogen) atoms. The number of Topliss-reactive ketones (excluding diaryl/α,β-unsaturated/α-hetero) is 1. The molecule has 1 fully saturated rings. The van der Waals surface area contributed by atoms with Crippen LogP contribution in [0.1, 0.15) is 23.3 Å². The maximum Gasteiger partial charge on any atom is 0.148 e. The van der Waals surface area contributed by atoms with Crippen molar-refractivity contribution in [1.29, 1.82) is 0 Å². The number of thiophene rings is 1. The summed E-state index contributed by atoms with van der Waals surface area (Å²) < 4.78 is 1.08. The number of rotatable bonds is 4. The molecule has 2 nitrogen and oxygen atoms in total. The van der Waals surface area contributed by atoms with Gasteiger partial charge in [0.25, 0.3) is 0 Å². The van der Waals surface area contributed by atoms with Crippen molar-refractivity contribution in [1.82, 2.24) is 0 Å². The largest absolute Gasteiger partial charge is 0.399 e. The lowest BCUT2D eigenvalue weighted by Gasteiger charge is -2.14. The quantitative estimate of drug-likeness (QED) is 0.860. The first kappa shape index (κ1) is 12.9. The van der Waals surface area contributed by atoms with Gasteiger partial charge in [-0.2, -0.15) is 0 Å². The van der Waals surface area contributed by atoms with Gasteiger partial charge in [-0.1, -0.05) is 12.1 Å². The van der Waals surface area contributed by atoms with Gasteiger partial charge in [-0.3, -0.25) is 4.79 Å². The standard InChI is InChI=1S/C15H14BrNOS/c16-14-6-5-12(19-14)9-13(18)15(7-8-15)10-1-3-11(17)4-2-10/h1-6H,7-9,17H2. The number of nitrogens with two attached hydrogens (primary N) is 1. The van der Waals surface area contributed by atoms with Gasteiger partial charge in [-0.25, -0.2) is 0 Å². The Morgan fingerprint density at radius 1 is 1.21 bits per heavy atom. The van der Waals surface area contributed by atoms with Crippen LogP contribution in [0.2, 0.25) is 0 Å². The van der Waals surface area contributed by atoms with E-state index in [0.29, 0.717) is 12.2 Å². The zero-order chi connectivity index (χ0) is 13.5. The molecule has 1 saturated carbocycles. The van der Waals surface area contributed by atoms with Crippen molar-refractivity contribution in [2.75, 3.05) is 5.73 Å². The molecular weight excluding hydrogens is 322 g/mol. The van der Waals surface area contributed by atoms with Gasteiger partial charge in [0.05, 0.1) is 9.20 Å². The van der Waals surface area contributed by atoms with Gasteiger partial charge in [-0.05, 0) is 58.6 Å². The molecule has 1 aromatic heterocycles. The molecule has 0 radical (unpaired) electrons. The highest BCUT2D eigenvalue weighted by molar-refractivity contribution is 9.11. The van der Waals surface area contributed by atoms with E-state index in [2.05, 4.69) is 15.9 Å². The van der Waals surface area contributed by atoms with Gasteiger partial charge in [0.2, 0.25) is 0 Å². The van der Waals surface area contributed by atoms with Crippen molar-refractivity contribution >= 4 is 38.7 Å². The Hall–Kier alpha value is -1.13. The van der Waals surface area contributed by atoms with Crippen LogP contribution in [0.5, 0.6) is 0 Å². The third kappa shape index (κ3) is 2.47. The molecule has 2 aromatic rings. The van der Waals surface area contributed by atoms with E-state index in [4.69, 9.17) is 5.73 Å². The Balaban J connectivity index is 1.81. The Bertz CT molecular complexity index is 613. The van der Waals surface area contributed by atoms with Gasteiger partial charge in [0.1, 0.15) is 5.78 Å². The highest BCUT2D eigenvalue weighted by atomic mass is 79.9. The van der Waals surface area contributed by atoms with E-state index in [-0.39, 0.29) is 5.41 Å². The first-order chi connectivity index (χ1) is 9.10. The molecule has 0 spiro atoms. The maximum absolute atomic E-state index is 12.6. The van der Waals surface area contributed by atoms with Gasteiger partial charge < -0.3 is 5.73 Å². The lowest BCUT2D eigenvalue weighted by atomic mass is 9.89. The second-order valence-corrected chi connectivity index (χ2v) is 7.56. The Labute approximate surface area is 124 Å². The number of nitrogen functional groups attached to an aromatic ring is 1. The molecule has 98 valence electrons. The van der Waals surface area contributed by atoms with Gasteiger partial charge in [-0.15, -0.1) is 11.3 Å². The number of halogens is 1. The fraction of sp³-hybridized carbons (Fsp3) is 0.267. The van der Waals surface area contributed by atoms with Gasteiger partial charge in [0, 0.05) is 17.0 Å². The fourth-order valence-corrected chi connectivity index (χ4v) is 3.91. The number of ketones is 1.